The monoisotopic (exact) mass is 460 g/mol. The van der Waals surface area contributed by atoms with Crippen LogP contribution in [0.25, 0.3) is 0 Å². The second-order valence-electron chi connectivity index (χ2n) is 6.52. The molecule has 1 heterocycles. The van der Waals surface area contributed by atoms with Gasteiger partial charge in [0, 0.05) is 31.9 Å². The fourth-order valence-corrected chi connectivity index (χ4v) is 5.23. The van der Waals surface area contributed by atoms with Crippen molar-refractivity contribution in [2.45, 2.75) is 16.0 Å². The molecule has 0 atom stereocenters. The number of carbonyl (C=O) groups excluding carboxylic acids is 2. The van der Waals surface area contributed by atoms with Crippen molar-refractivity contribution in [1.82, 2.24) is 4.90 Å². The summed E-state index contributed by atoms with van der Waals surface area (Å²) in [6.45, 7) is -0.396. The summed E-state index contributed by atoms with van der Waals surface area (Å²) < 4.78 is 64.0. The van der Waals surface area contributed by atoms with E-state index in [-0.39, 0.29) is 52.2 Å². The van der Waals surface area contributed by atoms with Crippen LogP contribution < -0.4 is 4.90 Å². The summed E-state index contributed by atoms with van der Waals surface area (Å²) >= 11 is 6.02. The Morgan fingerprint density at radius 3 is 2.13 bits per heavy atom. The first-order chi connectivity index (χ1) is 14.1. The van der Waals surface area contributed by atoms with E-state index in [4.69, 9.17) is 11.6 Å². The number of halogens is 4. The quantitative estimate of drug-likeness (QED) is 0.655. The third-order valence-corrected chi connectivity index (χ3v) is 7.04. The van der Waals surface area contributed by atoms with Crippen LogP contribution in [0.2, 0.25) is 5.02 Å². The number of rotatable bonds is 4. The lowest BCUT2D eigenvalue weighted by Crippen LogP contribution is -2.52. The lowest BCUT2D eigenvalue weighted by molar-refractivity contribution is -0.185. The molecule has 11 heteroatoms. The van der Waals surface area contributed by atoms with Crippen LogP contribution in [-0.4, -0.2) is 57.9 Å². The lowest BCUT2D eigenvalue weighted by Gasteiger charge is -2.37. The van der Waals surface area contributed by atoms with Crippen molar-refractivity contribution >= 4 is 39.3 Å². The first-order valence-electron chi connectivity index (χ1n) is 8.76. The Bertz CT molecular complexity index is 1080. The molecule has 2 aromatic rings. The summed E-state index contributed by atoms with van der Waals surface area (Å²) in [7, 11) is -4.12. The highest BCUT2D eigenvalue weighted by Crippen LogP contribution is 2.33. The summed E-state index contributed by atoms with van der Waals surface area (Å²) in [4.78, 5) is 25.1. The van der Waals surface area contributed by atoms with Crippen molar-refractivity contribution in [2.24, 2.45) is 0 Å². The van der Waals surface area contributed by atoms with E-state index in [1.54, 1.807) is 11.0 Å². The number of hydrogen-bond acceptors (Lipinski definition) is 5. The number of piperazine rings is 1. The van der Waals surface area contributed by atoms with E-state index in [9.17, 15) is 31.2 Å². The second-order valence-corrected chi connectivity index (χ2v) is 8.81. The molecule has 0 aromatic heterocycles. The molecule has 1 fully saturated rings. The first kappa shape index (κ1) is 22.1. The smallest absolute Gasteiger partial charge is 0.367 e. The minimum atomic E-state index is -4.96. The van der Waals surface area contributed by atoms with Gasteiger partial charge in [0.25, 0.3) is 0 Å². The molecular formula is C19H16ClF3N2O4S. The van der Waals surface area contributed by atoms with Crippen molar-refractivity contribution < 1.29 is 31.2 Å². The Labute approximate surface area is 175 Å². The highest BCUT2D eigenvalue weighted by atomic mass is 35.5. The standard InChI is InChI=1S/C19H16ClF3N2O4S/c20-14-4-1-2-6-17(14)30(28,29)16-7-3-5-15(13(16)12-26)24-8-10-25(11-9-24)18(27)19(21,22)23/h1-7,12H,8-11H2. The van der Waals surface area contributed by atoms with Gasteiger partial charge in [0.2, 0.25) is 9.84 Å². The Hall–Kier alpha value is -2.59. The zero-order valence-corrected chi connectivity index (χ0v) is 17.0. The average molecular weight is 461 g/mol. The highest BCUT2D eigenvalue weighted by molar-refractivity contribution is 7.91. The molecule has 0 unspecified atom stereocenters. The molecule has 160 valence electrons. The number of benzene rings is 2. The molecule has 1 aliphatic heterocycles. The van der Waals surface area contributed by atoms with E-state index in [1.807, 2.05) is 0 Å². The number of alkyl halides is 3. The lowest BCUT2D eigenvalue weighted by atomic mass is 10.1. The average Bonchev–Trinajstić information content (AvgIpc) is 2.72. The molecule has 3 rings (SSSR count). The summed E-state index contributed by atoms with van der Waals surface area (Å²) in [6, 6.07) is 10.0. The Morgan fingerprint density at radius 2 is 1.57 bits per heavy atom. The van der Waals surface area contributed by atoms with E-state index in [2.05, 4.69) is 0 Å². The predicted molar refractivity (Wildman–Crippen MR) is 104 cm³/mol. The molecule has 2 aromatic carbocycles. The Kier molecular flexibility index (Phi) is 6.09. The summed E-state index contributed by atoms with van der Waals surface area (Å²) in [6.07, 6.45) is -4.56. The van der Waals surface area contributed by atoms with Crippen LogP contribution in [0.4, 0.5) is 18.9 Å². The normalized spacial score (nSPS) is 15.2. The molecule has 6 nitrogen and oxygen atoms in total. The van der Waals surface area contributed by atoms with E-state index >= 15 is 0 Å². The number of nitrogens with zero attached hydrogens (tertiary/aromatic N) is 2. The summed E-state index contributed by atoms with van der Waals surface area (Å²) in [5, 5.41) is -0.000899. The van der Waals surface area contributed by atoms with Gasteiger partial charge in [-0.25, -0.2) is 8.42 Å². The number of hydrogen-bond donors (Lipinski definition) is 0. The van der Waals surface area contributed by atoms with Crippen molar-refractivity contribution in [3.8, 4) is 0 Å². The van der Waals surface area contributed by atoms with Gasteiger partial charge in [-0.1, -0.05) is 29.8 Å². The summed E-state index contributed by atoms with van der Waals surface area (Å²) in [5.74, 6) is -1.92. The zero-order valence-electron chi connectivity index (χ0n) is 15.4. The van der Waals surface area contributed by atoms with Gasteiger partial charge in [0.15, 0.2) is 6.29 Å². The molecule has 0 radical (unpaired) electrons. The van der Waals surface area contributed by atoms with Gasteiger partial charge in [-0.2, -0.15) is 13.2 Å². The van der Waals surface area contributed by atoms with Gasteiger partial charge in [-0.05, 0) is 24.3 Å². The number of carbonyl (C=O) groups is 2. The minimum absolute atomic E-state index is 0.000899. The van der Waals surface area contributed by atoms with Gasteiger partial charge in [-0.3, -0.25) is 9.59 Å². The minimum Gasteiger partial charge on any atom is -0.367 e. The number of amides is 1. The largest absolute Gasteiger partial charge is 0.471 e. The fraction of sp³-hybridized carbons (Fsp3) is 0.263. The van der Waals surface area contributed by atoms with Crippen LogP contribution >= 0.6 is 11.6 Å². The van der Waals surface area contributed by atoms with Gasteiger partial charge in [-0.15, -0.1) is 0 Å². The van der Waals surface area contributed by atoms with Crippen molar-refractivity contribution in [3.63, 3.8) is 0 Å². The van der Waals surface area contributed by atoms with Gasteiger partial charge < -0.3 is 9.80 Å². The molecule has 1 amide bonds. The van der Waals surface area contributed by atoms with Gasteiger partial charge >= 0.3 is 12.1 Å². The zero-order chi connectivity index (χ0) is 22.1. The molecule has 0 aliphatic carbocycles. The second kappa shape index (κ2) is 8.27. The van der Waals surface area contributed by atoms with Crippen molar-refractivity contribution in [3.05, 3.63) is 53.1 Å². The number of aldehydes is 1. The van der Waals surface area contributed by atoms with E-state index in [1.165, 1.54) is 36.4 Å². The number of anilines is 1. The van der Waals surface area contributed by atoms with E-state index < -0.39 is 21.9 Å². The molecule has 0 saturated carbocycles. The van der Waals surface area contributed by atoms with Crippen LogP contribution in [-0.2, 0) is 14.6 Å². The molecule has 1 saturated heterocycles. The van der Waals surface area contributed by atoms with E-state index in [0.717, 1.165) is 0 Å². The molecule has 0 N–H and O–H groups in total. The molecule has 0 spiro atoms. The van der Waals surface area contributed by atoms with Crippen molar-refractivity contribution in [2.75, 3.05) is 31.1 Å². The number of sulfone groups is 1. The van der Waals surface area contributed by atoms with Gasteiger partial charge in [0.05, 0.1) is 20.4 Å². The van der Waals surface area contributed by atoms with E-state index in [0.29, 0.717) is 11.2 Å². The topological polar surface area (TPSA) is 74.8 Å². The highest BCUT2D eigenvalue weighted by Gasteiger charge is 2.43. The maximum atomic E-state index is 13.1. The van der Waals surface area contributed by atoms with Gasteiger partial charge in [0.1, 0.15) is 0 Å². The van der Waals surface area contributed by atoms with Crippen LogP contribution in [0.15, 0.2) is 52.3 Å². The maximum Gasteiger partial charge on any atom is 0.471 e. The molecule has 1 aliphatic rings. The van der Waals surface area contributed by atoms with Crippen LogP contribution in [0.3, 0.4) is 0 Å². The Balaban J connectivity index is 1.94. The van der Waals surface area contributed by atoms with Crippen LogP contribution in [0.5, 0.6) is 0 Å². The molecule has 30 heavy (non-hydrogen) atoms. The van der Waals surface area contributed by atoms with Crippen LogP contribution in [0.1, 0.15) is 10.4 Å². The molecular weight excluding hydrogens is 445 g/mol. The molecule has 0 bridgehead atoms. The third-order valence-electron chi connectivity index (χ3n) is 4.73. The Morgan fingerprint density at radius 1 is 0.967 bits per heavy atom. The van der Waals surface area contributed by atoms with Crippen molar-refractivity contribution in [1.29, 1.82) is 0 Å². The summed E-state index contributed by atoms with van der Waals surface area (Å²) in [5.41, 5.74) is 0.144. The SMILES string of the molecule is O=Cc1c(N2CCN(C(=O)C(F)(F)F)CC2)cccc1S(=O)(=O)c1ccccc1Cl. The predicted octanol–water partition coefficient (Wildman–Crippen LogP) is 3.20. The third kappa shape index (κ3) is 4.15. The first-order valence-corrected chi connectivity index (χ1v) is 10.6. The maximum absolute atomic E-state index is 13.1. The fourth-order valence-electron chi connectivity index (χ4n) is 3.27. The van der Waals surface area contributed by atoms with Crippen LogP contribution in [0, 0.1) is 0 Å².